The summed E-state index contributed by atoms with van der Waals surface area (Å²) >= 11 is 0. The molecule has 0 spiro atoms. The van der Waals surface area contributed by atoms with Crippen LogP contribution in [-0.2, 0) is 6.42 Å². The van der Waals surface area contributed by atoms with Crippen LogP contribution in [0.15, 0.2) is 6.20 Å². The molecule has 1 N–H and O–H groups in total. The minimum absolute atomic E-state index is 0.0989. The minimum Gasteiger partial charge on any atom is -0.477 e. The second-order valence-corrected chi connectivity index (χ2v) is 2.48. The summed E-state index contributed by atoms with van der Waals surface area (Å²) in [5.74, 6) is -0.428. The third-order valence-corrected chi connectivity index (χ3v) is 1.54. The van der Waals surface area contributed by atoms with E-state index in [2.05, 4.69) is 9.97 Å². The first-order valence-corrected chi connectivity index (χ1v) is 3.71. The highest BCUT2D eigenvalue weighted by atomic mass is 16.4. The molecule has 0 saturated heterocycles. The predicted octanol–water partition coefficient (Wildman–Crippen LogP) is 1.05. The van der Waals surface area contributed by atoms with Crippen LogP contribution in [0.4, 0.5) is 0 Å². The van der Waals surface area contributed by atoms with Crippen LogP contribution in [0.25, 0.3) is 0 Å². The van der Waals surface area contributed by atoms with Gasteiger partial charge in [-0.25, -0.2) is 14.8 Å². The molecule has 4 heteroatoms. The van der Waals surface area contributed by atoms with Crippen LogP contribution in [0.2, 0.25) is 0 Å². The second-order valence-electron chi connectivity index (χ2n) is 2.48. The maximum atomic E-state index is 10.6. The fourth-order valence-corrected chi connectivity index (χ4v) is 0.865. The quantitative estimate of drug-likeness (QED) is 0.713. The van der Waals surface area contributed by atoms with Crippen LogP contribution in [0, 0.1) is 6.92 Å². The summed E-state index contributed by atoms with van der Waals surface area (Å²) in [5.41, 5.74) is 0.696. The van der Waals surface area contributed by atoms with Crippen molar-refractivity contribution < 1.29 is 9.90 Å². The van der Waals surface area contributed by atoms with Crippen molar-refractivity contribution in [2.75, 3.05) is 0 Å². The van der Waals surface area contributed by atoms with E-state index in [0.29, 0.717) is 17.8 Å². The summed E-state index contributed by atoms with van der Waals surface area (Å²) in [7, 11) is 0. The molecular weight excluding hydrogens is 156 g/mol. The molecule has 0 atom stereocenters. The van der Waals surface area contributed by atoms with E-state index in [4.69, 9.17) is 5.11 Å². The first-order chi connectivity index (χ1) is 5.65. The Hall–Kier alpha value is -1.45. The number of nitrogens with zero attached hydrogens (tertiary/aromatic N) is 2. The van der Waals surface area contributed by atoms with Gasteiger partial charge in [-0.3, -0.25) is 0 Å². The SMILES string of the molecule is CCc1ncc(C)c(C(=O)O)n1. The zero-order chi connectivity index (χ0) is 9.14. The van der Waals surface area contributed by atoms with Crippen LogP contribution in [0.5, 0.6) is 0 Å². The first-order valence-electron chi connectivity index (χ1n) is 3.71. The lowest BCUT2D eigenvalue weighted by Crippen LogP contribution is -2.07. The van der Waals surface area contributed by atoms with Gasteiger partial charge >= 0.3 is 5.97 Å². The smallest absolute Gasteiger partial charge is 0.354 e. The molecule has 0 aliphatic rings. The third-order valence-electron chi connectivity index (χ3n) is 1.54. The number of aromatic carboxylic acids is 1. The lowest BCUT2D eigenvalue weighted by molar-refractivity contribution is 0.0689. The Kier molecular flexibility index (Phi) is 2.38. The van der Waals surface area contributed by atoms with Crippen molar-refractivity contribution in [3.05, 3.63) is 23.3 Å². The van der Waals surface area contributed by atoms with Crippen LogP contribution >= 0.6 is 0 Å². The van der Waals surface area contributed by atoms with E-state index < -0.39 is 5.97 Å². The largest absolute Gasteiger partial charge is 0.477 e. The fraction of sp³-hybridized carbons (Fsp3) is 0.375. The molecule has 64 valence electrons. The highest BCUT2D eigenvalue weighted by Crippen LogP contribution is 2.03. The molecule has 12 heavy (non-hydrogen) atoms. The van der Waals surface area contributed by atoms with E-state index in [1.807, 2.05) is 6.92 Å². The number of hydrogen-bond acceptors (Lipinski definition) is 3. The molecule has 0 bridgehead atoms. The van der Waals surface area contributed by atoms with Gasteiger partial charge in [-0.1, -0.05) is 6.92 Å². The van der Waals surface area contributed by atoms with E-state index in [9.17, 15) is 4.79 Å². The number of aromatic nitrogens is 2. The number of carboxylic acids is 1. The molecule has 0 aliphatic carbocycles. The molecule has 1 heterocycles. The van der Waals surface area contributed by atoms with E-state index in [1.165, 1.54) is 6.20 Å². The maximum absolute atomic E-state index is 10.6. The van der Waals surface area contributed by atoms with Gasteiger partial charge in [0.25, 0.3) is 0 Å². The van der Waals surface area contributed by atoms with Crippen molar-refractivity contribution in [1.82, 2.24) is 9.97 Å². The normalized spacial score (nSPS) is 9.83. The highest BCUT2D eigenvalue weighted by molar-refractivity contribution is 5.86. The van der Waals surface area contributed by atoms with Crippen molar-refractivity contribution in [2.45, 2.75) is 20.3 Å². The number of carboxylic acid groups (broad SMARTS) is 1. The average molecular weight is 166 g/mol. The molecule has 4 nitrogen and oxygen atoms in total. The Morgan fingerprint density at radius 1 is 1.67 bits per heavy atom. The molecule has 1 rings (SSSR count). The van der Waals surface area contributed by atoms with Gasteiger partial charge in [-0.2, -0.15) is 0 Å². The summed E-state index contributed by atoms with van der Waals surface area (Å²) in [5, 5.41) is 8.70. The Labute approximate surface area is 70.3 Å². The van der Waals surface area contributed by atoms with Crippen molar-refractivity contribution in [3.63, 3.8) is 0 Å². The van der Waals surface area contributed by atoms with Gasteiger partial charge in [-0.15, -0.1) is 0 Å². The van der Waals surface area contributed by atoms with Crippen molar-refractivity contribution >= 4 is 5.97 Å². The van der Waals surface area contributed by atoms with Gasteiger partial charge in [-0.05, 0) is 6.92 Å². The minimum atomic E-state index is -0.996. The summed E-state index contributed by atoms with van der Waals surface area (Å²) in [6, 6.07) is 0. The van der Waals surface area contributed by atoms with Crippen LogP contribution in [0.1, 0.15) is 28.8 Å². The van der Waals surface area contributed by atoms with Gasteiger partial charge < -0.3 is 5.11 Å². The van der Waals surface area contributed by atoms with Crippen LogP contribution in [0.3, 0.4) is 0 Å². The van der Waals surface area contributed by atoms with Gasteiger partial charge in [0.1, 0.15) is 5.82 Å². The monoisotopic (exact) mass is 166 g/mol. The zero-order valence-corrected chi connectivity index (χ0v) is 7.03. The Bertz CT molecular complexity index is 310. The van der Waals surface area contributed by atoms with Gasteiger partial charge in [0.05, 0.1) is 0 Å². The predicted molar refractivity (Wildman–Crippen MR) is 43.1 cm³/mol. The Morgan fingerprint density at radius 3 is 2.83 bits per heavy atom. The molecule has 0 unspecified atom stereocenters. The Balaban J connectivity index is 3.17. The zero-order valence-electron chi connectivity index (χ0n) is 7.03. The third kappa shape index (κ3) is 1.58. The summed E-state index contributed by atoms with van der Waals surface area (Å²) < 4.78 is 0. The standard InChI is InChI=1S/C8H10N2O2/c1-3-6-9-4-5(2)7(10-6)8(11)12/h4H,3H2,1-2H3,(H,11,12). The van der Waals surface area contributed by atoms with Gasteiger partial charge in [0, 0.05) is 18.2 Å². The molecule has 1 aromatic rings. The molecule has 0 fully saturated rings. The Morgan fingerprint density at radius 2 is 2.33 bits per heavy atom. The lowest BCUT2D eigenvalue weighted by atomic mass is 10.2. The van der Waals surface area contributed by atoms with Crippen molar-refractivity contribution in [3.8, 4) is 0 Å². The first kappa shape index (κ1) is 8.64. The van der Waals surface area contributed by atoms with Gasteiger partial charge in [0.2, 0.25) is 0 Å². The summed E-state index contributed by atoms with van der Waals surface area (Å²) in [6.07, 6.45) is 2.19. The maximum Gasteiger partial charge on any atom is 0.354 e. The molecule has 0 radical (unpaired) electrons. The summed E-state index contributed by atoms with van der Waals surface area (Å²) in [6.45, 7) is 3.57. The summed E-state index contributed by atoms with van der Waals surface area (Å²) in [4.78, 5) is 18.4. The van der Waals surface area contributed by atoms with Gasteiger partial charge in [0.15, 0.2) is 5.69 Å². The van der Waals surface area contributed by atoms with E-state index in [1.54, 1.807) is 6.92 Å². The fourth-order valence-electron chi connectivity index (χ4n) is 0.865. The number of rotatable bonds is 2. The number of carbonyl (C=O) groups is 1. The molecule has 0 aromatic carbocycles. The topological polar surface area (TPSA) is 63.1 Å². The van der Waals surface area contributed by atoms with E-state index >= 15 is 0 Å². The highest BCUT2D eigenvalue weighted by Gasteiger charge is 2.09. The second kappa shape index (κ2) is 3.30. The van der Waals surface area contributed by atoms with Crippen LogP contribution in [-0.4, -0.2) is 21.0 Å². The molecule has 0 amide bonds. The van der Waals surface area contributed by atoms with E-state index in [0.717, 1.165) is 0 Å². The number of hydrogen-bond donors (Lipinski definition) is 1. The average Bonchev–Trinajstić information content (AvgIpc) is 2.05. The molecular formula is C8H10N2O2. The van der Waals surface area contributed by atoms with Crippen molar-refractivity contribution in [2.24, 2.45) is 0 Å². The lowest BCUT2D eigenvalue weighted by Gasteiger charge is -2.00. The molecule has 0 saturated carbocycles. The van der Waals surface area contributed by atoms with Crippen molar-refractivity contribution in [1.29, 1.82) is 0 Å². The molecule has 0 aliphatic heterocycles. The molecule has 1 aromatic heterocycles. The number of aryl methyl sites for hydroxylation is 2. The van der Waals surface area contributed by atoms with E-state index in [-0.39, 0.29) is 5.69 Å². The van der Waals surface area contributed by atoms with Crippen LogP contribution < -0.4 is 0 Å².